The minimum atomic E-state index is -0.356. The zero-order chi connectivity index (χ0) is 14.8. The highest BCUT2D eigenvalue weighted by atomic mass is 32.2. The van der Waals surface area contributed by atoms with E-state index in [-0.39, 0.29) is 16.7 Å². The topological polar surface area (TPSA) is 68.1 Å². The summed E-state index contributed by atoms with van der Waals surface area (Å²) in [6.07, 6.45) is 6.84. The van der Waals surface area contributed by atoms with Crippen molar-refractivity contribution in [1.82, 2.24) is 4.98 Å². The summed E-state index contributed by atoms with van der Waals surface area (Å²) in [6, 6.07) is 7.83. The van der Waals surface area contributed by atoms with Gasteiger partial charge >= 0.3 is 5.69 Å². The Labute approximate surface area is 127 Å². The highest BCUT2D eigenvalue weighted by Crippen LogP contribution is 2.36. The number of anilines is 1. The molecule has 1 aromatic carbocycles. The van der Waals surface area contributed by atoms with Crippen LogP contribution in [-0.4, -0.2) is 27.5 Å². The van der Waals surface area contributed by atoms with Crippen molar-refractivity contribution in [3.63, 3.8) is 0 Å². The molecular weight excluding hydrogens is 286 g/mol. The fraction of sp³-hybridized carbons (Fsp3) is 0.400. The van der Waals surface area contributed by atoms with E-state index in [1.807, 2.05) is 36.0 Å². The van der Waals surface area contributed by atoms with Gasteiger partial charge in [0.25, 0.3) is 0 Å². The number of para-hydroxylation sites is 1. The van der Waals surface area contributed by atoms with E-state index >= 15 is 0 Å². The minimum Gasteiger partial charge on any atom is -0.375 e. The third-order valence-electron chi connectivity index (χ3n) is 4.04. The number of pyridine rings is 1. The first-order valence-corrected chi connectivity index (χ1v) is 8.31. The standard InChI is InChI=1S/C15H17N3O2S/c1-21-14-8-4-7-12(14)17-15-10-5-2-3-6-11(10)16-9-13(15)18(19)20/h2-3,5-6,9,12,14H,4,7-8H2,1H3,(H,16,17). The molecule has 0 aliphatic heterocycles. The molecule has 1 aliphatic carbocycles. The summed E-state index contributed by atoms with van der Waals surface area (Å²) in [5, 5.41) is 16.1. The van der Waals surface area contributed by atoms with Gasteiger partial charge in [0.2, 0.25) is 0 Å². The van der Waals surface area contributed by atoms with Gasteiger partial charge in [-0.2, -0.15) is 11.8 Å². The van der Waals surface area contributed by atoms with Crippen LogP contribution < -0.4 is 5.32 Å². The summed E-state index contributed by atoms with van der Waals surface area (Å²) < 4.78 is 0. The van der Waals surface area contributed by atoms with E-state index in [0.29, 0.717) is 10.9 Å². The maximum absolute atomic E-state index is 11.3. The molecule has 1 aromatic heterocycles. The number of hydrogen-bond acceptors (Lipinski definition) is 5. The van der Waals surface area contributed by atoms with Crippen LogP contribution in [0.1, 0.15) is 19.3 Å². The van der Waals surface area contributed by atoms with E-state index in [2.05, 4.69) is 16.6 Å². The fourth-order valence-corrected chi connectivity index (χ4v) is 3.91. The molecule has 0 spiro atoms. The van der Waals surface area contributed by atoms with Gasteiger partial charge in [-0.25, -0.2) is 4.98 Å². The molecule has 5 nitrogen and oxygen atoms in total. The van der Waals surface area contributed by atoms with Gasteiger partial charge in [-0.05, 0) is 25.2 Å². The summed E-state index contributed by atoms with van der Waals surface area (Å²) in [4.78, 5) is 15.1. The van der Waals surface area contributed by atoms with Crippen molar-refractivity contribution in [3.05, 3.63) is 40.6 Å². The number of aromatic nitrogens is 1. The quantitative estimate of drug-likeness (QED) is 0.686. The van der Waals surface area contributed by atoms with Crippen LogP contribution in [0.4, 0.5) is 11.4 Å². The zero-order valence-corrected chi connectivity index (χ0v) is 12.6. The summed E-state index contributed by atoms with van der Waals surface area (Å²) in [5.41, 5.74) is 1.45. The van der Waals surface area contributed by atoms with Crippen LogP contribution in [0.2, 0.25) is 0 Å². The smallest absolute Gasteiger partial charge is 0.311 e. The zero-order valence-electron chi connectivity index (χ0n) is 11.8. The summed E-state index contributed by atoms with van der Waals surface area (Å²) in [7, 11) is 0. The largest absolute Gasteiger partial charge is 0.375 e. The maximum atomic E-state index is 11.3. The number of rotatable bonds is 4. The van der Waals surface area contributed by atoms with Gasteiger partial charge in [0.15, 0.2) is 0 Å². The molecule has 0 radical (unpaired) electrons. The third-order valence-corrected chi connectivity index (χ3v) is 5.21. The van der Waals surface area contributed by atoms with Gasteiger partial charge in [-0.1, -0.05) is 24.6 Å². The molecule has 21 heavy (non-hydrogen) atoms. The minimum absolute atomic E-state index is 0.0560. The number of benzene rings is 1. The van der Waals surface area contributed by atoms with Crippen LogP contribution in [0.15, 0.2) is 30.5 Å². The number of fused-ring (bicyclic) bond motifs is 1. The monoisotopic (exact) mass is 303 g/mol. The number of nitrogens with one attached hydrogen (secondary N) is 1. The molecule has 6 heteroatoms. The molecular formula is C15H17N3O2S. The van der Waals surface area contributed by atoms with Gasteiger partial charge < -0.3 is 5.32 Å². The Kier molecular flexibility index (Phi) is 3.96. The van der Waals surface area contributed by atoms with Gasteiger partial charge in [0, 0.05) is 16.7 Å². The fourth-order valence-electron chi connectivity index (χ4n) is 2.98. The number of thioether (sulfide) groups is 1. The van der Waals surface area contributed by atoms with Crippen molar-refractivity contribution < 1.29 is 4.92 Å². The van der Waals surface area contributed by atoms with Crippen molar-refractivity contribution in [3.8, 4) is 0 Å². The average Bonchev–Trinajstić information content (AvgIpc) is 2.94. The molecule has 3 rings (SSSR count). The molecule has 2 atom stereocenters. The third kappa shape index (κ3) is 2.68. The molecule has 1 heterocycles. The second-order valence-corrected chi connectivity index (χ2v) is 6.33. The lowest BCUT2D eigenvalue weighted by molar-refractivity contribution is -0.384. The van der Waals surface area contributed by atoms with Crippen molar-refractivity contribution in [2.45, 2.75) is 30.6 Å². The molecule has 0 amide bonds. The molecule has 1 saturated carbocycles. The van der Waals surface area contributed by atoms with E-state index in [1.54, 1.807) is 0 Å². The van der Waals surface area contributed by atoms with Crippen molar-refractivity contribution >= 4 is 34.0 Å². The van der Waals surface area contributed by atoms with Gasteiger partial charge in [-0.3, -0.25) is 10.1 Å². The van der Waals surface area contributed by atoms with E-state index in [0.717, 1.165) is 23.7 Å². The van der Waals surface area contributed by atoms with Crippen LogP contribution in [0.3, 0.4) is 0 Å². The maximum Gasteiger partial charge on any atom is 0.311 e. The predicted molar refractivity (Wildman–Crippen MR) is 87.0 cm³/mol. The number of nitro groups is 1. The van der Waals surface area contributed by atoms with Gasteiger partial charge in [-0.15, -0.1) is 0 Å². The van der Waals surface area contributed by atoms with Crippen LogP contribution >= 0.6 is 11.8 Å². The van der Waals surface area contributed by atoms with Crippen LogP contribution in [0.5, 0.6) is 0 Å². The lowest BCUT2D eigenvalue weighted by Gasteiger charge is -2.21. The SMILES string of the molecule is CSC1CCCC1Nc1c([N+](=O)[O-])cnc2ccccc12. The number of nitrogens with zero attached hydrogens (tertiary/aromatic N) is 2. The first-order valence-electron chi connectivity index (χ1n) is 7.02. The lowest BCUT2D eigenvalue weighted by atomic mass is 10.1. The van der Waals surface area contributed by atoms with Crippen LogP contribution in [-0.2, 0) is 0 Å². The summed E-state index contributed by atoms with van der Waals surface area (Å²) in [6.45, 7) is 0. The Bertz CT molecular complexity index is 677. The molecule has 2 unspecified atom stereocenters. The highest BCUT2D eigenvalue weighted by molar-refractivity contribution is 7.99. The molecule has 1 N–H and O–H groups in total. The van der Waals surface area contributed by atoms with E-state index in [1.165, 1.54) is 12.6 Å². The van der Waals surface area contributed by atoms with Crippen molar-refractivity contribution in [1.29, 1.82) is 0 Å². The second-order valence-electron chi connectivity index (χ2n) is 5.25. The Morgan fingerprint density at radius 3 is 2.95 bits per heavy atom. The molecule has 1 aliphatic rings. The Morgan fingerprint density at radius 2 is 2.19 bits per heavy atom. The van der Waals surface area contributed by atoms with Gasteiger partial charge in [0.1, 0.15) is 11.9 Å². The number of hydrogen-bond donors (Lipinski definition) is 1. The van der Waals surface area contributed by atoms with Crippen LogP contribution in [0, 0.1) is 10.1 Å². The Hall–Kier alpha value is -1.82. The van der Waals surface area contributed by atoms with Crippen molar-refractivity contribution in [2.24, 2.45) is 0 Å². The highest BCUT2D eigenvalue weighted by Gasteiger charge is 2.29. The van der Waals surface area contributed by atoms with E-state index in [4.69, 9.17) is 0 Å². The molecule has 1 fully saturated rings. The normalized spacial score (nSPS) is 21.6. The molecule has 110 valence electrons. The average molecular weight is 303 g/mol. The van der Waals surface area contributed by atoms with E-state index < -0.39 is 0 Å². The molecule has 0 saturated heterocycles. The first-order chi connectivity index (χ1) is 10.2. The summed E-state index contributed by atoms with van der Waals surface area (Å²) >= 11 is 1.83. The predicted octanol–water partition coefficient (Wildman–Crippen LogP) is 3.84. The first kappa shape index (κ1) is 14.1. The molecule has 0 bridgehead atoms. The Morgan fingerprint density at radius 1 is 1.38 bits per heavy atom. The summed E-state index contributed by atoms with van der Waals surface area (Å²) in [5.74, 6) is 0. The van der Waals surface area contributed by atoms with Gasteiger partial charge in [0.05, 0.1) is 10.4 Å². The van der Waals surface area contributed by atoms with Crippen LogP contribution in [0.25, 0.3) is 10.9 Å². The van der Waals surface area contributed by atoms with Crippen molar-refractivity contribution in [2.75, 3.05) is 11.6 Å². The Balaban J connectivity index is 2.06. The lowest BCUT2D eigenvalue weighted by Crippen LogP contribution is -2.26. The van der Waals surface area contributed by atoms with E-state index in [9.17, 15) is 10.1 Å². The second kappa shape index (κ2) is 5.89. The molecule has 2 aromatic rings.